The molecule has 0 aliphatic rings. The molecule has 118 valence electrons. The van der Waals surface area contributed by atoms with Gasteiger partial charge in [-0.25, -0.2) is 0 Å². The summed E-state index contributed by atoms with van der Waals surface area (Å²) in [6, 6.07) is 19.2. The van der Waals surface area contributed by atoms with Gasteiger partial charge in [-0.3, -0.25) is 0 Å². The van der Waals surface area contributed by atoms with Gasteiger partial charge in [0.25, 0.3) is 0 Å². The van der Waals surface area contributed by atoms with Crippen molar-refractivity contribution in [1.82, 2.24) is 20.0 Å². The first-order chi connectivity index (χ1) is 11.7. The van der Waals surface area contributed by atoms with Gasteiger partial charge in [-0.2, -0.15) is 9.78 Å². The van der Waals surface area contributed by atoms with E-state index >= 15 is 0 Å². The minimum absolute atomic E-state index is 0.516. The number of nitrogens with two attached hydrogens (primary N) is 1. The van der Waals surface area contributed by atoms with Crippen LogP contribution in [0.25, 0.3) is 27.0 Å². The maximum Gasteiger partial charge on any atom is 0.235 e. The molecule has 4 aromatic rings. The van der Waals surface area contributed by atoms with Crippen LogP contribution < -0.4 is 5.73 Å². The quantitative estimate of drug-likeness (QED) is 0.596. The molecular weight excluding hydrogens is 342 g/mol. The van der Waals surface area contributed by atoms with Gasteiger partial charge in [-0.1, -0.05) is 65.4 Å². The molecular formula is C17H12ClN5S. The molecule has 0 saturated heterocycles. The highest BCUT2D eigenvalue weighted by atomic mass is 35.5. The topological polar surface area (TPSA) is 69.6 Å². The van der Waals surface area contributed by atoms with Gasteiger partial charge < -0.3 is 5.73 Å². The lowest BCUT2D eigenvalue weighted by atomic mass is 10.2. The molecule has 2 N–H and O–H groups in total. The fraction of sp³-hybridized carbons (Fsp3) is 0. The zero-order valence-corrected chi connectivity index (χ0v) is 14.0. The van der Waals surface area contributed by atoms with Gasteiger partial charge in [0.05, 0.1) is 5.69 Å². The average Bonchev–Trinajstić information content (AvgIpc) is 3.22. The predicted molar refractivity (Wildman–Crippen MR) is 97.3 cm³/mol. The molecule has 0 unspecified atom stereocenters. The molecule has 2 aromatic carbocycles. The van der Waals surface area contributed by atoms with Crippen LogP contribution in [0.1, 0.15) is 0 Å². The molecule has 7 heteroatoms. The zero-order valence-electron chi connectivity index (χ0n) is 12.4. The maximum atomic E-state index is 6.10. The van der Waals surface area contributed by atoms with Gasteiger partial charge in [-0.15, -0.1) is 10.2 Å². The molecule has 0 fully saturated rings. The first-order valence-electron chi connectivity index (χ1n) is 7.21. The molecule has 4 rings (SSSR count). The molecule has 0 amide bonds. The molecule has 2 heterocycles. The Bertz CT molecular complexity index is 993. The first-order valence-corrected chi connectivity index (χ1v) is 8.41. The van der Waals surface area contributed by atoms with E-state index in [-0.39, 0.29) is 0 Å². The van der Waals surface area contributed by atoms with E-state index in [0.717, 1.165) is 21.8 Å². The van der Waals surface area contributed by atoms with Crippen molar-refractivity contribution in [2.75, 3.05) is 5.73 Å². The number of aromatic nitrogens is 4. The second-order valence-electron chi connectivity index (χ2n) is 5.13. The van der Waals surface area contributed by atoms with Gasteiger partial charge in [-0.05, 0) is 12.1 Å². The second-order valence-corrected chi connectivity index (χ2v) is 6.52. The Kier molecular flexibility index (Phi) is 3.76. The largest absolute Gasteiger partial charge is 0.383 e. The number of rotatable bonds is 3. The van der Waals surface area contributed by atoms with Crippen LogP contribution in [-0.2, 0) is 0 Å². The Hall–Kier alpha value is -2.70. The number of nitrogens with zero attached hydrogens (tertiary/aromatic N) is 4. The fourth-order valence-corrected chi connectivity index (χ4v) is 3.34. The lowest BCUT2D eigenvalue weighted by molar-refractivity contribution is 0.859. The summed E-state index contributed by atoms with van der Waals surface area (Å²) in [4.78, 5) is 0. The molecule has 5 nitrogen and oxygen atoms in total. The SMILES string of the molecule is Nc1cc(-c2ccccc2)nn1-c1nnc(-c2cccc(Cl)c2)s1. The molecule has 0 saturated carbocycles. The lowest BCUT2D eigenvalue weighted by Gasteiger charge is -1.97. The van der Waals surface area contributed by atoms with Crippen LogP contribution in [0, 0.1) is 0 Å². The monoisotopic (exact) mass is 353 g/mol. The number of anilines is 1. The smallest absolute Gasteiger partial charge is 0.235 e. The van der Waals surface area contributed by atoms with Crippen LogP contribution in [0.3, 0.4) is 0 Å². The molecule has 0 aliphatic carbocycles. The Morgan fingerprint density at radius 2 is 1.71 bits per heavy atom. The van der Waals surface area contributed by atoms with Crippen LogP contribution in [0.5, 0.6) is 0 Å². The number of hydrogen-bond donors (Lipinski definition) is 1. The van der Waals surface area contributed by atoms with Crippen LogP contribution in [0.15, 0.2) is 60.7 Å². The summed E-state index contributed by atoms with van der Waals surface area (Å²) >= 11 is 7.44. The van der Waals surface area contributed by atoms with Crippen LogP contribution in [0.2, 0.25) is 5.02 Å². The Balaban J connectivity index is 1.72. The first kappa shape index (κ1) is 14.9. The van der Waals surface area contributed by atoms with Gasteiger partial charge >= 0.3 is 0 Å². The molecule has 0 spiro atoms. The van der Waals surface area contributed by atoms with E-state index in [1.165, 1.54) is 11.3 Å². The molecule has 0 radical (unpaired) electrons. The molecule has 24 heavy (non-hydrogen) atoms. The van der Waals surface area contributed by atoms with Crippen LogP contribution >= 0.6 is 22.9 Å². The lowest BCUT2D eigenvalue weighted by Crippen LogP contribution is -2.01. The zero-order chi connectivity index (χ0) is 16.5. The summed E-state index contributed by atoms with van der Waals surface area (Å²) in [5, 5.41) is 15.0. The third kappa shape index (κ3) is 2.77. The average molecular weight is 354 g/mol. The van der Waals surface area contributed by atoms with Gasteiger partial charge in [0.2, 0.25) is 5.13 Å². The van der Waals surface area contributed by atoms with E-state index in [1.54, 1.807) is 4.68 Å². The summed E-state index contributed by atoms with van der Waals surface area (Å²) in [5.41, 5.74) is 8.82. The summed E-state index contributed by atoms with van der Waals surface area (Å²) in [7, 11) is 0. The standard InChI is InChI=1S/C17H12ClN5S/c18-13-8-4-7-12(9-13)16-20-21-17(24-16)23-15(19)10-14(22-23)11-5-2-1-3-6-11/h1-10H,19H2. The third-order valence-corrected chi connectivity index (χ3v) is 4.66. The van der Waals surface area contributed by atoms with Crippen molar-refractivity contribution >= 4 is 28.8 Å². The second kappa shape index (κ2) is 6.07. The van der Waals surface area contributed by atoms with E-state index in [0.29, 0.717) is 16.0 Å². The van der Waals surface area contributed by atoms with E-state index < -0.39 is 0 Å². The highest BCUT2D eigenvalue weighted by Gasteiger charge is 2.14. The molecule has 0 bridgehead atoms. The summed E-state index contributed by atoms with van der Waals surface area (Å²) in [6.45, 7) is 0. The van der Waals surface area contributed by atoms with Crippen molar-refractivity contribution in [3.63, 3.8) is 0 Å². The van der Waals surface area contributed by atoms with E-state index in [2.05, 4.69) is 15.3 Å². The van der Waals surface area contributed by atoms with Gasteiger partial charge in [0.15, 0.2) is 0 Å². The van der Waals surface area contributed by atoms with Crippen molar-refractivity contribution in [1.29, 1.82) is 0 Å². The van der Waals surface area contributed by atoms with Crippen molar-refractivity contribution in [2.45, 2.75) is 0 Å². The highest BCUT2D eigenvalue weighted by molar-refractivity contribution is 7.17. The van der Waals surface area contributed by atoms with Gasteiger partial charge in [0, 0.05) is 22.2 Å². The Labute approximate surface area is 147 Å². The van der Waals surface area contributed by atoms with Crippen molar-refractivity contribution < 1.29 is 0 Å². The van der Waals surface area contributed by atoms with Crippen molar-refractivity contribution in [3.05, 3.63) is 65.7 Å². The van der Waals surface area contributed by atoms with Crippen LogP contribution in [-0.4, -0.2) is 20.0 Å². The number of benzene rings is 2. The predicted octanol–water partition coefficient (Wildman–Crippen LogP) is 4.29. The fourth-order valence-electron chi connectivity index (χ4n) is 2.34. The molecule has 0 aliphatic heterocycles. The number of hydrogen-bond acceptors (Lipinski definition) is 5. The van der Waals surface area contributed by atoms with E-state index in [1.807, 2.05) is 60.7 Å². The number of nitrogen functional groups attached to an aromatic ring is 1. The van der Waals surface area contributed by atoms with Gasteiger partial charge in [0.1, 0.15) is 10.8 Å². The van der Waals surface area contributed by atoms with E-state index in [9.17, 15) is 0 Å². The minimum atomic E-state index is 0.516. The minimum Gasteiger partial charge on any atom is -0.383 e. The van der Waals surface area contributed by atoms with Crippen molar-refractivity contribution in [2.24, 2.45) is 0 Å². The maximum absolute atomic E-state index is 6.10. The Morgan fingerprint density at radius 1 is 0.917 bits per heavy atom. The van der Waals surface area contributed by atoms with Crippen LogP contribution in [0.4, 0.5) is 5.82 Å². The number of halogens is 1. The van der Waals surface area contributed by atoms with E-state index in [4.69, 9.17) is 17.3 Å². The summed E-state index contributed by atoms with van der Waals surface area (Å²) in [5.74, 6) is 0.516. The molecule has 2 aromatic heterocycles. The summed E-state index contributed by atoms with van der Waals surface area (Å²) < 4.78 is 1.61. The molecule has 0 atom stereocenters. The normalized spacial score (nSPS) is 10.9. The van der Waals surface area contributed by atoms with Crippen molar-refractivity contribution in [3.8, 4) is 27.0 Å². The highest BCUT2D eigenvalue weighted by Crippen LogP contribution is 2.29. The third-order valence-electron chi connectivity index (χ3n) is 3.47. The Morgan fingerprint density at radius 3 is 2.50 bits per heavy atom. The summed E-state index contributed by atoms with van der Waals surface area (Å²) in [6.07, 6.45) is 0.